The fourth-order valence-corrected chi connectivity index (χ4v) is 3.56. The monoisotopic (exact) mass is 373 g/mol. The third kappa shape index (κ3) is 3.53. The van der Waals surface area contributed by atoms with Crippen LogP contribution < -0.4 is 4.90 Å². The Morgan fingerprint density at radius 3 is 2.21 bits per heavy atom. The summed E-state index contributed by atoms with van der Waals surface area (Å²) in [6.07, 6.45) is 0. The minimum atomic E-state index is -0.216. The van der Waals surface area contributed by atoms with Crippen molar-refractivity contribution in [1.82, 2.24) is 0 Å². The topological polar surface area (TPSA) is 16.4 Å². The van der Waals surface area contributed by atoms with Crippen LogP contribution in [0.4, 0.5) is 10.3 Å². The molecule has 2 nitrogen and oxygen atoms in total. The number of rotatable bonds is 5. The number of nitrogens with zero attached hydrogens (tertiary/aromatic N) is 1. The maximum absolute atomic E-state index is 13.3. The average molecular weight is 373 g/mol. The second-order valence-electron chi connectivity index (χ2n) is 7.29. The predicted octanol–water partition coefficient (Wildman–Crippen LogP) is 6.88. The molecule has 3 aromatic carbocycles. The summed E-state index contributed by atoms with van der Waals surface area (Å²) in [5.74, 6) is 0.641. The summed E-state index contributed by atoms with van der Waals surface area (Å²) in [4.78, 5) is 2.21. The largest absolute Gasteiger partial charge is 0.440 e. The van der Waals surface area contributed by atoms with Gasteiger partial charge in [-0.3, -0.25) is 0 Å². The summed E-state index contributed by atoms with van der Waals surface area (Å²) >= 11 is 0. The Morgan fingerprint density at radius 2 is 1.54 bits per heavy atom. The van der Waals surface area contributed by atoms with Gasteiger partial charge in [-0.1, -0.05) is 53.6 Å². The molecule has 0 aliphatic rings. The Labute approximate surface area is 165 Å². The van der Waals surface area contributed by atoms with Gasteiger partial charge in [0.05, 0.1) is 5.56 Å². The molecule has 0 radical (unpaired) electrons. The van der Waals surface area contributed by atoms with E-state index in [1.165, 1.54) is 23.3 Å². The van der Waals surface area contributed by atoms with Crippen molar-refractivity contribution < 1.29 is 8.81 Å². The summed E-state index contributed by atoms with van der Waals surface area (Å²) in [5.41, 5.74) is 6.62. The maximum Gasteiger partial charge on any atom is 0.204 e. The molecule has 0 spiro atoms. The first kappa shape index (κ1) is 18.3. The lowest BCUT2D eigenvalue weighted by molar-refractivity contribution is 0.584. The lowest BCUT2D eigenvalue weighted by Crippen LogP contribution is -2.22. The van der Waals surface area contributed by atoms with Crippen molar-refractivity contribution in [3.63, 3.8) is 0 Å². The third-order valence-electron chi connectivity index (χ3n) is 5.12. The molecule has 142 valence electrons. The molecule has 4 rings (SSSR count). The number of anilines is 1. The van der Waals surface area contributed by atoms with E-state index in [1.54, 1.807) is 0 Å². The number of fused-ring (bicyclic) bond motifs is 1. The minimum absolute atomic E-state index is 0.216. The number of halogens is 1. The normalized spacial score (nSPS) is 11.1. The van der Waals surface area contributed by atoms with Gasteiger partial charge in [-0.05, 0) is 56.2 Å². The van der Waals surface area contributed by atoms with E-state index in [-0.39, 0.29) is 5.82 Å². The van der Waals surface area contributed by atoms with Crippen molar-refractivity contribution in [3.8, 4) is 11.1 Å². The van der Waals surface area contributed by atoms with Crippen LogP contribution in [-0.4, -0.2) is 6.54 Å². The van der Waals surface area contributed by atoms with Crippen LogP contribution in [0.15, 0.2) is 71.1 Å². The summed E-state index contributed by atoms with van der Waals surface area (Å²) in [6, 6.07) is 21.5. The SMILES string of the molecule is CCN(Cc1ccc(F)cc1)c1oc2ccc(C)cc2c1-c1ccc(C)cc1. The van der Waals surface area contributed by atoms with Crippen molar-refractivity contribution >= 4 is 16.9 Å². The average Bonchev–Trinajstić information content (AvgIpc) is 3.06. The van der Waals surface area contributed by atoms with Gasteiger partial charge in [-0.25, -0.2) is 4.39 Å². The predicted molar refractivity (Wildman–Crippen MR) is 114 cm³/mol. The lowest BCUT2D eigenvalue weighted by Gasteiger charge is -2.22. The molecule has 0 saturated heterocycles. The molecule has 0 aliphatic carbocycles. The zero-order valence-electron chi connectivity index (χ0n) is 16.5. The first-order valence-electron chi connectivity index (χ1n) is 9.64. The molecule has 4 aromatic rings. The number of benzene rings is 3. The zero-order chi connectivity index (χ0) is 19.7. The van der Waals surface area contributed by atoms with E-state index in [9.17, 15) is 4.39 Å². The molecule has 0 unspecified atom stereocenters. The highest BCUT2D eigenvalue weighted by molar-refractivity contribution is 6.00. The Kier molecular flexibility index (Phi) is 4.91. The highest BCUT2D eigenvalue weighted by atomic mass is 19.1. The van der Waals surface area contributed by atoms with Crippen LogP contribution in [0.3, 0.4) is 0 Å². The number of furan rings is 1. The summed E-state index contributed by atoms with van der Waals surface area (Å²) in [6.45, 7) is 7.75. The van der Waals surface area contributed by atoms with Crippen LogP contribution in [0.1, 0.15) is 23.6 Å². The molecule has 3 heteroatoms. The Morgan fingerprint density at radius 1 is 0.857 bits per heavy atom. The summed E-state index contributed by atoms with van der Waals surface area (Å²) < 4.78 is 19.6. The number of aryl methyl sites for hydroxylation is 2. The van der Waals surface area contributed by atoms with Crippen molar-refractivity contribution in [2.45, 2.75) is 27.3 Å². The molecule has 1 aromatic heterocycles. The standard InChI is InChI=1S/C25H24FNO/c1-4-27(16-19-8-12-21(26)13-9-19)25-24(20-10-5-17(2)6-11-20)22-15-18(3)7-14-23(22)28-25/h5-15H,4,16H2,1-3H3. The van der Waals surface area contributed by atoms with Crippen LogP contribution in [0.5, 0.6) is 0 Å². The Hall–Kier alpha value is -3.07. The van der Waals surface area contributed by atoms with E-state index >= 15 is 0 Å². The van der Waals surface area contributed by atoms with Gasteiger partial charge in [0.25, 0.3) is 0 Å². The molecule has 0 atom stereocenters. The van der Waals surface area contributed by atoms with E-state index < -0.39 is 0 Å². The van der Waals surface area contributed by atoms with E-state index in [0.717, 1.165) is 40.1 Å². The smallest absolute Gasteiger partial charge is 0.204 e. The van der Waals surface area contributed by atoms with Gasteiger partial charge in [-0.15, -0.1) is 0 Å². The maximum atomic E-state index is 13.3. The molecule has 1 heterocycles. The van der Waals surface area contributed by atoms with E-state index in [4.69, 9.17) is 4.42 Å². The number of hydrogen-bond acceptors (Lipinski definition) is 2. The van der Waals surface area contributed by atoms with E-state index in [0.29, 0.717) is 6.54 Å². The van der Waals surface area contributed by atoms with Gasteiger partial charge in [-0.2, -0.15) is 0 Å². The van der Waals surface area contributed by atoms with Crippen LogP contribution in [0, 0.1) is 19.7 Å². The van der Waals surface area contributed by atoms with Crippen molar-refractivity contribution in [1.29, 1.82) is 0 Å². The van der Waals surface area contributed by atoms with Crippen molar-refractivity contribution in [3.05, 3.63) is 89.2 Å². The fraction of sp³-hybridized carbons (Fsp3) is 0.200. The lowest BCUT2D eigenvalue weighted by atomic mass is 10.0. The van der Waals surface area contributed by atoms with E-state index in [2.05, 4.69) is 62.1 Å². The molecule has 0 amide bonds. The highest BCUT2D eigenvalue weighted by Crippen LogP contribution is 2.41. The molecular weight excluding hydrogens is 349 g/mol. The van der Waals surface area contributed by atoms with Crippen LogP contribution in [0.2, 0.25) is 0 Å². The molecular formula is C25H24FNO. The number of hydrogen-bond donors (Lipinski definition) is 0. The quantitative estimate of drug-likeness (QED) is 0.379. The van der Waals surface area contributed by atoms with Crippen LogP contribution in [-0.2, 0) is 6.54 Å². The van der Waals surface area contributed by atoms with Gasteiger partial charge >= 0.3 is 0 Å². The zero-order valence-corrected chi connectivity index (χ0v) is 16.5. The van der Waals surface area contributed by atoms with Crippen molar-refractivity contribution in [2.75, 3.05) is 11.4 Å². The van der Waals surface area contributed by atoms with Gasteiger partial charge in [0.15, 0.2) is 0 Å². The van der Waals surface area contributed by atoms with Gasteiger partial charge < -0.3 is 9.32 Å². The second kappa shape index (κ2) is 7.51. The minimum Gasteiger partial charge on any atom is -0.440 e. The summed E-state index contributed by atoms with van der Waals surface area (Å²) in [7, 11) is 0. The first-order chi connectivity index (χ1) is 13.5. The van der Waals surface area contributed by atoms with Crippen molar-refractivity contribution in [2.24, 2.45) is 0 Å². The fourth-order valence-electron chi connectivity index (χ4n) is 3.56. The molecule has 0 bridgehead atoms. The van der Waals surface area contributed by atoms with Crippen LogP contribution >= 0.6 is 0 Å². The van der Waals surface area contributed by atoms with Crippen LogP contribution in [0.25, 0.3) is 22.1 Å². The molecule has 28 heavy (non-hydrogen) atoms. The highest BCUT2D eigenvalue weighted by Gasteiger charge is 2.21. The Bertz CT molecular complexity index is 1090. The molecule has 0 saturated carbocycles. The second-order valence-corrected chi connectivity index (χ2v) is 7.29. The first-order valence-corrected chi connectivity index (χ1v) is 9.64. The molecule has 0 fully saturated rings. The van der Waals surface area contributed by atoms with Gasteiger partial charge in [0, 0.05) is 18.5 Å². The molecule has 0 N–H and O–H groups in total. The Balaban J connectivity index is 1.85. The third-order valence-corrected chi connectivity index (χ3v) is 5.12. The van der Waals surface area contributed by atoms with Gasteiger partial charge in [0.2, 0.25) is 5.88 Å². The van der Waals surface area contributed by atoms with Gasteiger partial charge in [0.1, 0.15) is 11.4 Å². The summed E-state index contributed by atoms with van der Waals surface area (Å²) in [5, 5.41) is 1.12. The van der Waals surface area contributed by atoms with E-state index in [1.807, 2.05) is 18.2 Å². The molecule has 0 aliphatic heterocycles.